The van der Waals surface area contributed by atoms with Gasteiger partial charge in [0.2, 0.25) is 5.91 Å². The normalized spacial score (nSPS) is 12.1. The van der Waals surface area contributed by atoms with Crippen LogP contribution in [0.4, 0.5) is 4.39 Å². The van der Waals surface area contributed by atoms with Gasteiger partial charge in [0.15, 0.2) is 0 Å². The van der Waals surface area contributed by atoms with Gasteiger partial charge in [0.05, 0.1) is 13.7 Å². The molecule has 0 aliphatic carbocycles. The predicted molar refractivity (Wildman–Crippen MR) is 68.1 cm³/mol. The highest BCUT2D eigenvalue weighted by Crippen LogP contribution is 2.27. The molecule has 0 saturated heterocycles. The number of carbonyl (C=O) groups is 1. The lowest BCUT2D eigenvalue weighted by Gasteiger charge is -2.19. The van der Waals surface area contributed by atoms with E-state index in [0.29, 0.717) is 11.3 Å². The van der Waals surface area contributed by atoms with Crippen LogP contribution in [0, 0.1) is 5.82 Å². The number of ether oxygens (including phenoxy) is 1. The van der Waals surface area contributed by atoms with Crippen molar-refractivity contribution in [2.24, 2.45) is 0 Å². The lowest BCUT2D eigenvalue weighted by molar-refractivity contribution is -0.127. The molecule has 1 atom stereocenters. The second-order valence-electron chi connectivity index (χ2n) is 4.25. The van der Waals surface area contributed by atoms with Crippen LogP contribution in [0.5, 0.6) is 5.75 Å². The van der Waals surface area contributed by atoms with Crippen LogP contribution in [-0.4, -0.2) is 38.6 Å². The maximum atomic E-state index is 13.8. The molecule has 0 saturated carbocycles. The van der Waals surface area contributed by atoms with Crippen molar-refractivity contribution in [2.45, 2.75) is 13.0 Å². The first kappa shape index (κ1) is 14.4. The molecule has 1 N–H and O–H groups in total. The number of hydrogen-bond donors (Lipinski definition) is 1. The fourth-order valence-electron chi connectivity index (χ4n) is 1.62. The number of carbonyl (C=O) groups excluding carboxylic acids is 1. The third kappa shape index (κ3) is 3.43. The first-order valence-corrected chi connectivity index (χ1v) is 5.73. The summed E-state index contributed by atoms with van der Waals surface area (Å²) < 4.78 is 18.9. The minimum absolute atomic E-state index is 0.0582. The highest BCUT2D eigenvalue weighted by molar-refractivity contribution is 5.77. The van der Waals surface area contributed by atoms with Gasteiger partial charge in [-0.1, -0.05) is 6.07 Å². The molecule has 1 aromatic rings. The molecular weight excluding hydrogens is 235 g/mol. The number of likely N-dealkylation sites (N-methyl/N-ethyl adjacent to an activating group) is 1. The van der Waals surface area contributed by atoms with Crippen molar-refractivity contribution >= 4 is 5.91 Å². The van der Waals surface area contributed by atoms with Crippen molar-refractivity contribution < 1.29 is 13.9 Å². The summed E-state index contributed by atoms with van der Waals surface area (Å²) >= 11 is 0. The number of hydrogen-bond acceptors (Lipinski definition) is 3. The van der Waals surface area contributed by atoms with E-state index in [2.05, 4.69) is 5.32 Å². The largest absolute Gasteiger partial charge is 0.496 e. The summed E-state index contributed by atoms with van der Waals surface area (Å²) in [6.07, 6.45) is 0. The molecule has 1 aromatic carbocycles. The van der Waals surface area contributed by atoms with Gasteiger partial charge in [-0.05, 0) is 19.1 Å². The monoisotopic (exact) mass is 254 g/mol. The number of nitrogens with zero attached hydrogens (tertiary/aromatic N) is 1. The number of methoxy groups -OCH3 is 1. The van der Waals surface area contributed by atoms with Crippen molar-refractivity contribution in [3.05, 3.63) is 29.6 Å². The number of benzene rings is 1. The summed E-state index contributed by atoms with van der Waals surface area (Å²) in [5.74, 6) is 0.0797. The standard InChI is InChI=1S/C13H19FN2O2/c1-9(15-8-12(17)16(2)3)13-10(14)6-5-7-11(13)18-4/h5-7,9,15H,8H2,1-4H3. The summed E-state index contributed by atoms with van der Waals surface area (Å²) in [7, 11) is 4.85. The zero-order chi connectivity index (χ0) is 13.7. The van der Waals surface area contributed by atoms with E-state index in [1.807, 2.05) is 0 Å². The van der Waals surface area contributed by atoms with Crippen molar-refractivity contribution in [2.75, 3.05) is 27.7 Å². The fraction of sp³-hybridized carbons (Fsp3) is 0.462. The van der Waals surface area contributed by atoms with E-state index in [9.17, 15) is 9.18 Å². The van der Waals surface area contributed by atoms with E-state index >= 15 is 0 Å². The van der Waals surface area contributed by atoms with Crippen molar-refractivity contribution in [3.63, 3.8) is 0 Å². The average Bonchev–Trinajstić information content (AvgIpc) is 2.34. The second-order valence-corrected chi connectivity index (χ2v) is 4.25. The topological polar surface area (TPSA) is 41.6 Å². The van der Waals surface area contributed by atoms with Crippen molar-refractivity contribution in [3.8, 4) is 5.75 Å². The minimum atomic E-state index is -0.341. The Bertz CT molecular complexity index is 421. The van der Waals surface area contributed by atoms with Gasteiger partial charge in [-0.25, -0.2) is 4.39 Å². The first-order chi connectivity index (χ1) is 8.47. The van der Waals surface area contributed by atoms with E-state index in [-0.39, 0.29) is 24.3 Å². The Labute approximate surface area is 107 Å². The molecule has 0 aromatic heterocycles. The van der Waals surface area contributed by atoms with Gasteiger partial charge in [-0.2, -0.15) is 0 Å². The molecule has 1 unspecified atom stereocenters. The molecule has 0 bridgehead atoms. The summed E-state index contributed by atoms with van der Waals surface area (Å²) in [6, 6.07) is 4.37. The van der Waals surface area contributed by atoms with E-state index in [0.717, 1.165) is 0 Å². The Balaban J connectivity index is 2.78. The lowest BCUT2D eigenvalue weighted by atomic mass is 10.1. The lowest BCUT2D eigenvalue weighted by Crippen LogP contribution is -2.34. The third-order valence-electron chi connectivity index (χ3n) is 2.72. The molecule has 0 radical (unpaired) electrons. The van der Waals surface area contributed by atoms with Crippen LogP contribution in [0.15, 0.2) is 18.2 Å². The maximum absolute atomic E-state index is 13.8. The van der Waals surface area contributed by atoms with E-state index in [4.69, 9.17) is 4.74 Å². The van der Waals surface area contributed by atoms with Gasteiger partial charge >= 0.3 is 0 Å². The molecule has 0 aliphatic heterocycles. The van der Waals surface area contributed by atoms with Gasteiger partial charge in [-0.15, -0.1) is 0 Å². The highest BCUT2D eigenvalue weighted by Gasteiger charge is 2.17. The summed E-state index contributed by atoms with van der Waals surface area (Å²) in [4.78, 5) is 12.9. The highest BCUT2D eigenvalue weighted by atomic mass is 19.1. The Morgan fingerprint density at radius 3 is 2.72 bits per heavy atom. The van der Waals surface area contributed by atoms with E-state index in [1.165, 1.54) is 18.1 Å². The Morgan fingerprint density at radius 1 is 1.50 bits per heavy atom. The molecular formula is C13H19FN2O2. The van der Waals surface area contributed by atoms with Crippen LogP contribution in [0.1, 0.15) is 18.5 Å². The Hall–Kier alpha value is -1.62. The summed E-state index contributed by atoms with van der Waals surface area (Å²) in [6.45, 7) is 1.95. The molecule has 0 spiro atoms. The van der Waals surface area contributed by atoms with Crippen LogP contribution >= 0.6 is 0 Å². The molecule has 0 fully saturated rings. The van der Waals surface area contributed by atoms with E-state index < -0.39 is 0 Å². The van der Waals surface area contributed by atoms with Crippen molar-refractivity contribution in [1.29, 1.82) is 0 Å². The minimum Gasteiger partial charge on any atom is -0.496 e. The number of nitrogens with one attached hydrogen (secondary N) is 1. The van der Waals surface area contributed by atoms with Crippen LogP contribution < -0.4 is 10.1 Å². The Kier molecular flexibility index (Phi) is 5.09. The van der Waals surface area contributed by atoms with Gasteiger partial charge in [-0.3, -0.25) is 4.79 Å². The van der Waals surface area contributed by atoms with Gasteiger partial charge in [0.1, 0.15) is 11.6 Å². The Morgan fingerprint density at radius 2 is 2.17 bits per heavy atom. The van der Waals surface area contributed by atoms with Crippen LogP contribution in [0.25, 0.3) is 0 Å². The summed E-state index contributed by atoms with van der Waals surface area (Å²) in [5, 5.41) is 2.98. The average molecular weight is 254 g/mol. The van der Waals surface area contributed by atoms with Crippen molar-refractivity contribution in [1.82, 2.24) is 10.2 Å². The first-order valence-electron chi connectivity index (χ1n) is 5.73. The summed E-state index contributed by atoms with van der Waals surface area (Å²) in [5.41, 5.74) is 0.437. The fourth-order valence-corrected chi connectivity index (χ4v) is 1.62. The predicted octanol–water partition coefficient (Wildman–Crippen LogP) is 1.57. The van der Waals surface area contributed by atoms with Gasteiger partial charge in [0, 0.05) is 25.7 Å². The molecule has 1 rings (SSSR count). The molecule has 5 heteroatoms. The molecule has 18 heavy (non-hydrogen) atoms. The quantitative estimate of drug-likeness (QED) is 0.867. The van der Waals surface area contributed by atoms with E-state index in [1.54, 1.807) is 33.2 Å². The van der Waals surface area contributed by atoms with Gasteiger partial charge in [0.25, 0.3) is 0 Å². The zero-order valence-electron chi connectivity index (χ0n) is 11.2. The molecule has 100 valence electrons. The van der Waals surface area contributed by atoms with Gasteiger partial charge < -0.3 is 15.0 Å². The number of rotatable bonds is 5. The molecule has 4 nitrogen and oxygen atoms in total. The zero-order valence-corrected chi connectivity index (χ0v) is 11.2. The van der Waals surface area contributed by atoms with Crippen LogP contribution in [0.2, 0.25) is 0 Å². The smallest absolute Gasteiger partial charge is 0.236 e. The van der Waals surface area contributed by atoms with Crippen LogP contribution in [-0.2, 0) is 4.79 Å². The van der Waals surface area contributed by atoms with Crippen LogP contribution in [0.3, 0.4) is 0 Å². The molecule has 0 aliphatic rings. The maximum Gasteiger partial charge on any atom is 0.236 e. The number of amides is 1. The molecule has 1 amide bonds. The SMILES string of the molecule is COc1cccc(F)c1C(C)NCC(=O)N(C)C. The third-order valence-corrected chi connectivity index (χ3v) is 2.72. The second kappa shape index (κ2) is 6.35. The number of halogens is 1. The molecule has 0 heterocycles.